The molecule has 0 N–H and O–H groups in total. The normalized spacial score (nSPS) is 20.1. The lowest BCUT2D eigenvalue weighted by Gasteiger charge is -2.35. The van der Waals surface area contributed by atoms with E-state index in [2.05, 4.69) is 0 Å². The van der Waals surface area contributed by atoms with Crippen molar-refractivity contribution in [2.45, 2.75) is 25.9 Å². The summed E-state index contributed by atoms with van der Waals surface area (Å²) in [5.41, 5.74) is 0. The van der Waals surface area contributed by atoms with Gasteiger partial charge in [0.1, 0.15) is 17.6 Å². The van der Waals surface area contributed by atoms with E-state index in [-0.39, 0.29) is 24.5 Å². The first kappa shape index (κ1) is 18.5. The van der Waals surface area contributed by atoms with Gasteiger partial charge in [-0.15, -0.1) is 0 Å². The highest BCUT2D eigenvalue weighted by molar-refractivity contribution is 5.82. The summed E-state index contributed by atoms with van der Waals surface area (Å²) < 4.78 is 16.4. The van der Waals surface area contributed by atoms with Crippen LogP contribution in [0.25, 0.3) is 0 Å². The predicted octanol–water partition coefficient (Wildman–Crippen LogP) is 1.31. The Hall–Kier alpha value is -2.28. The first-order chi connectivity index (χ1) is 12.7. The highest BCUT2D eigenvalue weighted by atomic mass is 16.5. The molecular formula is C19H26N2O5. The van der Waals surface area contributed by atoms with Crippen molar-refractivity contribution in [2.24, 2.45) is 0 Å². The number of rotatable bonds is 6. The molecule has 1 atom stereocenters. The molecule has 2 aliphatic rings. The monoisotopic (exact) mass is 362 g/mol. The number of piperazine rings is 1. The second-order valence-corrected chi connectivity index (χ2v) is 6.40. The molecule has 1 aromatic carbocycles. The van der Waals surface area contributed by atoms with Gasteiger partial charge in [0.25, 0.3) is 11.8 Å². The minimum Gasteiger partial charge on any atom is -0.494 e. The average Bonchev–Trinajstić information content (AvgIpc) is 3.22. The van der Waals surface area contributed by atoms with Crippen molar-refractivity contribution in [1.82, 2.24) is 9.80 Å². The average molecular weight is 362 g/mol. The van der Waals surface area contributed by atoms with Gasteiger partial charge in [-0.25, -0.2) is 0 Å². The summed E-state index contributed by atoms with van der Waals surface area (Å²) in [5.74, 6) is 1.40. The van der Waals surface area contributed by atoms with Crippen molar-refractivity contribution in [3.05, 3.63) is 24.3 Å². The second-order valence-electron chi connectivity index (χ2n) is 6.40. The maximum absolute atomic E-state index is 12.3. The third-order valence-electron chi connectivity index (χ3n) is 4.65. The minimum absolute atomic E-state index is 0.00629. The van der Waals surface area contributed by atoms with Crippen LogP contribution in [0.1, 0.15) is 19.8 Å². The SMILES string of the molecule is CCOc1ccc(OCC(=O)N2CCN(C(=O)C3CCCO3)CC2)cc1. The molecular weight excluding hydrogens is 336 g/mol. The van der Waals surface area contributed by atoms with Gasteiger partial charge in [0.05, 0.1) is 6.61 Å². The molecule has 0 aromatic heterocycles. The fourth-order valence-electron chi connectivity index (χ4n) is 3.19. The number of hydrogen-bond donors (Lipinski definition) is 0. The predicted molar refractivity (Wildman–Crippen MR) is 95.2 cm³/mol. The van der Waals surface area contributed by atoms with E-state index in [0.29, 0.717) is 45.1 Å². The maximum atomic E-state index is 12.3. The van der Waals surface area contributed by atoms with Gasteiger partial charge in [-0.05, 0) is 44.0 Å². The number of benzene rings is 1. The van der Waals surface area contributed by atoms with Crippen molar-refractivity contribution in [2.75, 3.05) is 46.0 Å². The van der Waals surface area contributed by atoms with Gasteiger partial charge in [-0.1, -0.05) is 0 Å². The molecule has 2 aliphatic heterocycles. The number of carbonyl (C=O) groups is 2. The summed E-state index contributed by atoms with van der Waals surface area (Å²) in [6.07, 6.45) is 1.45. The summed E-state index contributed by atoms with van der Waals surface area (Å²) in [5, 5.41) is 0. The van der Waals surface area contributed by atoms with Gasteiger partial charge in [0.15, 0.2) is 6.61 Å². The quantitative estimate of drug-likeness (QED) is 0.763. The van der Waals surface area contributed by atoms with Gasteiger partial charge in [0, 0.05) is 32.8 Å². The van der Waals surface area contributed by atoms with Gasteiger partial charge >= 0.3 is 0 Å². The molecule has 0 saturated carbocycles. The molecule has 7 nitrogen and oxygen atoms in total. The maximum Gasteiger partial charge on any atom is 0.260 e. The van der Waals surface area contributed by atoms with E-state index in [1.165, 1.54) is 0 Å². The Morgan fingerprint density at radius 2 is 1.65 bits per heavy atom. The zero-order valence-electron chi connectivity index (χ0n) is 15.2. The Balaban J connectivity index is 1.41. The Kier molecular flexibility index (Phi) is 6.33. The molecule has 2 amide bonds. The van der Waals surface area contributed by atoms with E-state index in [9.17, 15) is 9.59 Å². The van der Waals surface area contributed by atoms with Crippen molar-refractivity contribution >= 4 is 11.8 Å². The fourth-order valence-corrected chi connectivity index (χ4v) is 3.19. The zero-order chi connectivity index (χ0) is 18.4. The molecule has 0 radical (unpaired) electrons. The van der Waals surface area contributed by atoms with Crippen LogP contribution in [0, 0.1) is 0 Å². The van der Waals surface area contributed by atoms with Gasteiger partial charge in [-0.3, -0.25) is 9.59 Å². The van der Waals surface area contributed by atoms with Crippen LogP contribution in [0.3, 0.4) is 0 Å². The van der Waals surface area contributed by atoms with Crippen molar-refractivity contribution < 1.29 is 23.8 Å². The number of hydrogen-bond acceptors (Lipinski definition) is 5. The standard InChI is InChI=1S/C19H26N2O5/c1-2-24-15-5-7-16(8-6-15)26-14-18(22)20-9-11-21(12-10-20)19(23)17-4-3-13-25-17/h5-8,17H,2-4,9-14H2,1H3. The Bertz CT molecular complexity index is 605. The van der Waals surface area contributed by atoms with E-state index < -0.39 is 0 Å². The van der Waals surface area contributed by atoms with Crippen LogP contribution < -0.4 is 9.47 Å². The number of ether oxygens (including phenoxy) is 3. The second kappa shape index (κ2) is 8.89. The molecule has 3 rings (SSSR count). The van der Waals surface area contributed by atoms with Gasteiger partial charge in [-0.2, -0.15) is 0 Å². The third-order valence-corrected chi connectivity index (χ3v) is 4.65. The molecule has 26 heavy (non-hydrogen) atoms. The lowest BCUT2D eigenvalue weighted by Crippen LogP contribution is -2.53. The van der Waals surface area contributed by atoms with Crippen LogP contribution in [0.4, 0.5) is 0 Å². The lowest BCUT2D eigenvalue weighted by atomic mass is 10.2. The van der Waals surface area contributed by atoms with E-state index in [4.69, 9.17) is 14.2 Å². The topological polar surface area (TPSA) is 68.3 Å². The molecule has 1 aromatic rings. The van der Waals surface area contributed by atoms with Crippen LogP contribution in [0.5, 0.6) is 11.5 Å². The van der Waals surface area contributed by atoms with Crippen LogP contribution in [-0.2, 0) is 14.3 Å². The van der Waals surface area contributed by atoms with Crippen molar-refractivity contribution in [1.29, 1.82) is 0 Å². The number of amides is 2. The Morgan fingerprint density at radius 3 is 2.23 bits per heavy atom. The minimum atomic E-state index is -0.291. The van der Waals surface area contributed by atoms with Gasteiger partial charge in [0.2, 0.25) is 0 Å². The first-order valence-corrected chi connectivity index (χ1v) is 9.21. The third kappa shape index (κ3) is 4.66. The molecule has 0 aliphatic carbocycles. The highest BCUT2D eigenvalue weighted by Gasteiger charge is 2.31. The van der Waals surface area contributed by atoms with Crippen LogP contribution >= 0.6 is 0 Å². The summed E-state index contributed by atoms with van der Waals surface area (Å²) >= 11 is 0. The molecule has 0 bridgehead atoms. The zero-order valence-corrected chi connectivity index (χ0v) is 15.2. The van der Waals surface area contributed by atoms with E-state index in [0.717, 1.165) is 18.6 Å². The smallest absolute Gasteiger partial charge is 0.260 e. The Labute approximate surface area is 153 Å². The largest absolute Gasteiger partial charge is 0.494 e. The van der Waals surface area contributed by atoms with Crippen LogP contribution in [0.2, 0.25) is 0 Å². The summed E-state index contributed by atoms with van der Waals surface area (Å²) in [4.78, 5) is 28.2. The van der Waals surface area contributed by atoms with Crippen LogP contribution in [0.15, 0.2) is 24.3 Å². The fraction of sp³-hybridized carbons (Fsp3) is 0.579. The Morgan fingerprint density at radius 1 is 1.04 bits per heavy atom. The van der Waals surface area contributed by atoms with Crippen molar-refractivity contribution in [3.63, 3.8) is 0 Å². The molecule has 7 heteroatoms. The van der Waals surface area contributed by atoms with E-state index in [1.807, 2.05) is 19.1 Å². The molecule has 2 saturated heterocycles. The van der Waals surface area contributed by atoms with Crippen LogP contribution in [-0.4, -0.2) is 73.7 Å². The molecule has 0 spiro atoms. The number of nitrogens with zero attached hydrogens (tertiary/aromatic N) is 2. The lowest BCUT2D eigenvalue weighted by molar-refractivity contribution is -0.146. The highest BCUT2D eigenvalue weighted by Crippen LogP contribution is 2.18. The summed E-state index contributed by atoms with van der Waals surface area (Å²) in [6, 6.07) is 7.21. The molecule has 2 fully saturated rings. The van der Waals surface area contributed by atoms with Crippen molar-refractivity contribution in [3.8, 4) is 11.5 Å². The van der Waals surface area contributed by atoms with E-state index in [1.54, 1.807) is 21.9 Å². The molecule has 2 heterocycles. The van der Waals surface area contributed by atoms with E-state index >= 15 is 0 Å². The first-order valence-electron chi connectivity index (χ1n) is 9.21. The number of carbonyl (C=O) groups excluding carboxylic acids is 2. The summed E-state index contributed by atoms with van der Waals surface area (Å²) in [7, 11) is 0. The summed E-state index contributed by atoms with van der Waals surface area (Å²) in [6.45, 7) is 5.36. The molecule has 1 unspecified atom stereocenters. The van der Waals surface area contributed by atoms with Gasteiger partial charge < -0.3 is 24.0 Å². The molecule has 142 valence electrons.